The van der Waals surface area contributed by atoms with Crippen LogP contribution in [0.3, 0.4) is 0 Å². The molecule has 0 aliphatic heterocycles. The summed E-state index contributed by atoms with van der Waals surface area (Å²) >= 11 is 0. The summed E-state index contributed by atoms with van der Waals surface area (Å²) in [6, 6.07) is 19.7. The van der Waals surface area contributed by atoms with Crippen molar-refractivity contribution in [3.05, 3.63) is 89.9 Å². The zero-order valence-electron chi connectivity index (χ0n) is 25.7. The van der Waals surface area contributed by atoms with Crippen molar-refractivity contribution in [1.82, 2.24) is 14.9 Å². The molecule has 0 spiro atoms. The fourth-order valence-corrected chi connectivity index (χ4v) is 7.53. The summed E-state index contributed by atoms with van der Waals surface area (Å²) in [6.45, 7) is 7.04. The summed E-state index contributed by atoms with van der Waals surface area (Å²) in [6.07, 6.45) is 8.08. The quantitative estimate of drug-likeness (QED) is 0.217. The third kappa shape index (κ3) is 5.41. The molecule has 2 amide bonds. The van der Waals surface area contributed by atoms with Gasteiger partial charge in [0, 0.05) is 47.6 Å². The SMILES string of the molecule is COc1ccc(NC(=O)C2(N(Cc3cccnc3)C(=O)C[C@@H]3[C@@H](c4c(C)[nH]c5ccccc45)C3(C)C)CCCCC2)cc1. The molecule has 2 heterocycles. The van der Waals surface area contributed by atoms with Crippen LogP contribution in [-0.4, -0.2) is 39.3 Å². The Morgan fingerprint density at radius 1 is 1.02 bits per heavy atom. The van der Waals surface area contributed by atoms with Crippen molar-refractivity contribution in [1.29, 1.82) is 0 Å². The van der Waals surface area contributed by atoms with Crippen molar-refractivity contribution >= 4 is 28.4 Å². The second-order valence-electron chi connectivity index (χ2n) is 12.9. The monoisotopic (exact) mass is 578 g/mol. The van der Waals surface area contributed by atoms with E-state index in [9.17, 15) is 9.59 Å². The number of methoxy groups -OCH3 is 1. The number of ether oxygens (including phenoxy) is 1. The number of aryl methyl sites for hydroxylation is 1. The summed E-state index contributed by atoms with van der Waals surface area (Å²) in [5.74, 6) is 1.09. The van der Waals surface area contributed by atoms with Gasteiger partial charge in [0.2, 0.25) is 11.8 Å². The molecule has 0 radical (unpaired) electrons. The van der Waals surface area contributed by atoms with E-state index in [1.54, 1.807) is 19.5 Å². The van der Waals surface area contributed by atoms with E-state index in [2.05, 4.69) is 60.3 Å². The predicted molar refractivity (Wildman–Crippen MR) is 170 cm³/mol. The van der Waals surface area contributed by atoms with Gasteiger partial charge in [0.1, 0.15) is 11.3 Å². The Balaban J connectivity index is 1.32. The first kappa shape index (κ1) is 29.0. The van der Waals surface area contributed by atoms with Crippen molar-refractivity contribution < 1.29 is 14.3 Å². The van der Waals surface area contributed by atoms with Crippen LogP contribution in [0.15, 0.2) is 73.1 Å². The van der Waals surface area contributed by atoms with Gasteiger partial charge in [-0.15, -0.1) is 0 Å². The molecule has 2 saturated carbocycles. The normalized spacial score (nSPS) is 20.4. The molecule has 6 rings (SSSR count). The Bertz CT molecular complexity index is 1600. The minimum absolute atomic E-state index is 0.0313. The maximum Gasteiger partial charge on any atom is 0.250 e. The van der Waals surface area contributed by atoms with E-state index in [4.69, 9.17) is 4.74 Å². The van der Waals surface area contributed by atoms with Gasteiger partial charge in [-0.3, -0.25) is 14.6 Å². The molecule has 2 aromatic heterocycles. The highest BCUT2D eigenvalue weighted by Gasteiger charge is 2.60. The van der Waals surface area contributed by atoms with Crippen LogP contribution in [0.1, 0.15) is 75.1 Å². The van der Waals surface area contributed by atoms with Crippen molar-refractivity contribution in [2.24, 2.45) is 11.3 Å². The number of pyridine rings is 1. The minimum Gasteiger partial charge on any atom is -0.497 e. The fraction of sp³-hybridized carbons (Fsp3) is 0.417. The van der Waals surface area contributed by atoms with Gasteiger partial charge in [-0.25, -0.2) is 0 Å². The number of aromatic amines is 1. The third-order valence-corrected chi connectivity index (χ3v) is 10.0. The second kappa shape index (κ2) is 11.5. The number of anilines is 1. The van der Waals surface area contributed by atoms with E-state index in [1.807, 2.05) is 41.3 Å². The van der Waals surface area contributed by atoms with Crippen molar-refractivity contribution in [3.8, 4) is 5.75 Å². The highest BCUT2D eigenvalue weighted by atomic mass is 16.5. The first-order valence-corrected chi connectivity index (χ1v) is 15.5. The van der Waals surface area contributed by atoms with Gasteiger partial charge in [-0.05, 0) is 84.5 Å². The smallest absolute Gasteiger partial charge is 0.250 e. The van der Waals surface area contributed by atoms with Gasteiger partial charge in [-0.1, -0.05) is 57.4 Å². The lowest BCUT2D eigenvalue weighted by Gasteiger charge is -2.45. The van der Waals surface area contributed by atoms with E-state index < -0.39 is 5.54 Å². The zero-order valence-corrected chi connectivity index (χ0v) is 25.7. The topological polar surface area (TPSA) is 87.3 Å². The lowest BCUT2D eigenvalue weighted by Crippen LogP contribution is -2.59. The van der Waals surface area contributed by atoms with Gasteiger partial charge in [0.15, 0.2) is 0 Å². The molecule has 2 N–H and O–H groups in total. The molecule has 2 aliphatic rings. The molecule has 0 saturated heterocycles. The summed E-state index contributed by atoms with van der Waals surface area (Å²) in [4.78, 5) is 38.7. The minimum atomic E-state index is -0.934. The first-order valence-electron chi connectivity index (χ1n) is 15.5. The standard InChI is InChI=1S/C36H42N4O3/c1-24-32(28-12-6-7-13-30(28)38-24)33-29(35(33,2)3)21-31(41)40(23-25-11-10-20-37-22-25)36(18-8-5-9-19-36)34(42)39-26-14-16-27(43-4)17-15-26/h6-7,10-17,20,22,29,33,38H,5,8-9,18-19,21,23H2,1-4H3,(H,39,42)/t29-,33+/m1/s1. The van der Waals surface area contributed by atoms with E-state index in [-0.39, 0.29) is 29.1 Å². The Kier molecular flexibility index (Phi) is 7.75. The highest BCUT2D eigenvalue weighted by Crippen LogP contribution is 2.67. The predicted octanol–water partition coefficient (Wildman–Crippen LogP) is 7.38. The number of hydrogen-bond donors (Lipinski definition) is 2. The number of carbonyl (C=O) groups is 2. The summed E-state index contributed by atoms with van der Waals surface area (Å²) in [5.41, 5.74) is 4.29. The number of hydrogen-bond acceptors (Lipinski definition) is 4. The van der Waals surface area contributed by atoms with E-state index in [0.29, 0.717) is 31.5 Å². The van der Waals surface area contributed by atoms with Crippen molar-refractivity contribution in [3.63, 3.8) is 0 Å². The second-order valence-corrected chi connectivity index (χ2v) is 12.9. The number of H-pyrrole nitrogens is 1. The Morgan fingerprint density at radius 2 is 1.77 bits per heavy atom. The van der Waals surface area contributed by atoms with E-state index in [1.165, 1.54) is 16.6 Å². The Labute approximate surface area is 254 Å². The van der Waals surface area contributed by atoms with Gasteiger partial charge in [0.25, 0.3) is 0 Å². The molecule has 2 fully saturated rings. The number of fused-ring (bicyclic) bond motifs is 1. The third-order valence-electron chi connectivity index (χ3n) is 10.0. The van der Waals surface area contributed by atoms with Crippen LogP contribution in [0.4, 0.5) is 5.69 Å². The average Bonchev–Trinajstić information content (AvgIpc) is 3.37. The maximum atomic E-state index is 14.6. The number of nitrogens with zero attached hydrogens (tertiary/aromatic N) is 2. The van der Waals surface area contributed by atoms with Crippen LogP contribution >= 0.6 is 0 Å². The molecule has 7 nitrogen and oxygen atoms in total. The molecule has 2 aliphatic carbocycles. The van der Waals surface area contributed by atoms with Gasteiger partial charge >= 0.3 is 0 Å². The molecule has 43 heavy (non-hydrogen) atoms. The molecule has 0 unspecified atom stereocenters. The number of nitrogens with one attached hydrogen (secondary N) is 2. The number of benzene rings is 2. The summed E-state index contributed by atoms with van der Waals surface area (Å²) in [7, 11) is 1.62. The first-order chi connectivity index (χ1) is 20.7. The van der Waals surface area contributed by atoms with E-state index in [0.717, 1.165) is 36.1 Å². The number of carbonyl (C=O) groups excluding carboxylic acids is 2. The molecule has 7 heteroatoms. The van der Waals surface area contributed by atoms with Gasteiger partial charge in [-0.2, -0.15) is 0 Å². The maximum absolute atomic E-state index is 14.6. The van der Waals surface area contributed by atoms with Crippen LogP contribution in [-0.2, 0) is 16.1 Å². The molecule has 4 aromatic rings. The summed E-state index contributed by atoms with van der Waals surface area (Å²) in [5, 5.41) is 4.40. The molecule has 0 bridgehead atoms. The number of amides is 2. The lowest BCUT2D eigenvalue weighted by atomic mass is 9.78. The number of rotatable bonds is 9. The summed E-state index contributed by atoms with van der Waals surface area (Å²) < 4.78 is 5.30. The number of para-hydroxylation sites is 1. The zero-order chi connectivity index (χ0) is 30.2. The highest BCUT2D eigenvalue weighted by molar-refractivity contribution is 6.01. The Morgan fingerprint density at radius 3 is 2.47 bits per heavy atom. The van der Waals surface area contributed by atoms with Gasteiger partial charge in [0.05, 0.1) is 7.11 Å². The van der Waals surface area contributed by atoms with Crippen LogP contribution < -0.4 is 10.1 Å². The molecular weight excluding hydrogens is 536 g/mol. The number of aromatic nitrogens is 2. The van der Waals surface area contributed by atoms with E-state index >= 15 is 0 Å². The van der Waals surface area contributed by atoms with Crippen molar-refractivity contribution in [2.45, 2.75) is 77.3 Å². The van der Waals surface area contributed by atoms with Crippen LogP contribution in [0, 0.1) is 18.3 Å². The Hall–Kier alpha value is -4.13. The van der Waals surface area contributed by atoms with Crippen LogP contribution in [0.5, 0.6) is 5.75 Å². The average molecular weight is 579 g/mol. The lowest BCUT2D eigenvalue weighted by molar-refractivity contribution is -0.149. The van der Waals surface area contributed by atoms with Crippen molar-refractivity contribution in [2.75, 3.05) is 12.4 Å². The molecule has 224 valence electrons. The van der Waals surface area contributed by atoms with Gasteiger partial charge < -0.3 is 19.9 Å². The van der Waals surface area contributed by atoms with Crippen LogP contribution in [0.25, 0.3) is 10.9 Å². The molecule has 2 aromatic carbocycles. The molecule has 2 atom stereocenters. The molecular formula is C36H42N4O3. The largest absolute Gasteiger partial charge is 0.497 e. The van der Waals surface area contributed by atoms with Crippen LogP contribution in [0.2, 0.25) is 0 Å². The fourth-order valence-electron chi connectivity index (χ4n) is 7.53.